The van der Waals surface area contributed by atoms with Gasteiger partial charge in [-0.1, -0.05) is 6.92 Å². The summed E-state index contributed by atoms with van der Waals surface area (Å²) in [5.74, 6) is 0.602. The summed E-state index contributed by atoms with van der Waals surface area (Å²) >= 11 is 1.46. The van der Waals surface area contributed by atoms with E-state index in [4.69, 9.17) is 4.74 Å². The lowest BCUT2D eigenvalue weighted by molar-refractivity contribution is 0.0955. The molecule has 0 saturated carbocycles. The third-order valence-corrected chi connectivity index (χ3v) is 3.29. The maximum atomic E-state index is 11.9. The van der Waals surface area contributed by atoms with E-state index < -0.39 is 0 Å². The van der Waals surface area contributed by atoms with E-state index in [9.17, 15) is 4.79 Å². The first-order chi connectivity index (χ1) is 8.19. The van der Waals surface area contributed by atoms with E-state index >= 15 is 0 Å². The lowest BCUT2D eigenvalue weighted by Crippen LogP contribution is -2.31. The van der Waals surface area contributed by atoms with Gasteiger partial charge in [0.05, 0.1) is 7.11 Å². The van der Waals surface area contributed by atoms with Crippen LogP contribution in [0.1, 0.15) is 27.9 Å². The van der Waals surface area contributed by atoms with Crippen molar-refractivity contribution < 1.29 is 9.53 Å². The molecule has 0 spiro atoms. The van der Waals surface area contributed by atoms with Crippen molar-refractivity contribution in [1.29, 1.82) is 0 Å². The predicted molar refractivity (Wildman–Crippen MR) is 71.1 cm³/mol. The Morgan fingerprint density at radius 1 is 1.41 bits per heavy atom. The van der Waals surface area contributed by atoms with Gasteiger partial charge < -0.3 is 15.4 Å². The van der Waals surface area contributed by atoms with E-state index in [0.29, 0.717) is 17.2 Å². The van der Waals surface area contributed by atoms with Crippen molar-refractivity contribution >= 4 is 17.2 Å². The molecule has 1 aromatic heterocycles. The summed E-state index contributed by atoms with van der Waals surface area (Å²) in [6.45, 7) is 6.50. The van der Waals surface area contributed by atoms with Crippen molar-refractivity contribution in [1.82, 2.24) is 10.6 Å². The fourth-order valence-electron chi connectivity index (χ4n) is 1.45. The van der Waals surface area contributed by atoms with Crippen LogP contribution in [0, 0.1) is 6.92 Å². The Hall–Kier alpha value is -1.07. The molecule has 1 aromatic rings. The number of carbonyl (C=O) groups is 1. The SMILES string of the molecule is CCCNCCNC(=O)c1sc(C)cc1OC. The molecule has 5 heteroatoms. The summed E-state index contributed by atoms with van der Waals surface area (Å²) in [6, 6.07) is 1.88. The van der Waals surface area contributed by atoms with E-state index in [2.05, 4.69) is 17.6 Å². The zero-order valence-electron chi connectivity index (χ0n) is 10.6. The summed E-state index contributed by atoms with van der Waals surface area (Å²) < 4.78 is 5.17. The molecule has 0 fully saturated rings. The fourth-order valence-corrected chi connectivity index (χ4v) is 2.34. The monoisotopic (exact) mass is 256 g/mol. The average molecular weight is 256 g/mol. The van der Waals surface area contributed by atoms with Gasteiger partial charge in [-0.15, -0.1) is 11.3 Å². The second-order valence-electron chi connectivity index (χ2n) is 3.76. The van der Waals surface area contributed by atoms with Crippen molar-refractivity contribution in [3.05, 3.63) is 15.8 Å². The number of methoxy groups -OCH3 is 1. The molecule has 0 aromatic carbocycles. The third kappa shape index (κ3) is 4.36. The minimum Gasteiger partial charge on any atom is -0.495 e. The normalized spacial score (nSPS) is 10.3. The van der Waals surface area contributed by atoms with E-state index in [1.807, 2.05) is 13.0 Å². The van der Waals surface area contributed by atoms with Gasteiger partial charge in [-0.3, -0.25) is 4.79 Å². The molecule has 0 bridgehead atoms. The van der Waals surface area contributed by atoms with Crippen LogP contribution < -0.4 is 15.4 Å². The van der Waals surface area contributed by atoms with E-state index in [-0.39, 0.29) is 5.91 Å². The zero-order valence-corrected chi connectivity index (χ0v) is 11.4. The average Bonchev–Trinajstić information content (AvgIpc) is 2.70. The molecule has 0 saturated heterocycles. The van der Waals surface area contributed by atoms with Gasteiger partial charge in [0.2, 0.25) is 0 Å². The Morgan fingerprint density at radius 3 is 2.82 bits per heavy atom. The number of aryl methyl sites for hydroxylation is 1. The largest absolute Gasteiger partial charge is 0.495 e. The lowest BCUT2D eigenvalue weighted by atomic mass is 10.3. The van der Waals surface area contributed by atoms with Crippen LogP contribution in [0.15, 0.2) is 6.07 Å². The van der Waals surface area contributed by atoms with E-state index in [1.54, 1.807) is 7.11 Å². The van der Waals surface area contributed by atoms with Crippen LogP contribution in [-0.4, -0.2) is 32.7 Å². The van der Waals surface area contributed by atoms with Crippen LogP contribution in [0.5, 0.6) is 5.75 Å². The quantitative estimate of drug-likeness (QED) is 0.731. The van der Waals surface area contributed by atoms with Crippen molar-refractivity contribution in [2.45, 2.75) is 20.3 Å². The van der Waals surface area contributed by atoms with Crippen molar-refractivity contribution in [2.24, 2.45) is 0 Å². The molecular formula is C12H20N2O2S. The van der Waals surface area contributed by atoms with Crippen LogP contribution in [-0.2, 0) is 0 Å². The summed E-state index contributed by atoms with van der Waals surface area (Å²) in [5, 5.41) is 6.11. The van der Waals surface area contributed by atoms with Crippen LogP contribution >= 0.6 is 11.3 Å². The topological polar surface area (TPSA) is 50.4 Å². The highest BCUT2D eigenvalue weighted by Crippen LogP contribution is 2.28. The Balaban J connectivity index is 2.41. The minimum atomic E-state index is -0.0572. The van der Waals surface area contributed by atoms with Crippen molar-refractivity contribution in [2.75, 3.05) is 26.7 Å². The summed E-state index contributed by atoms with van der Waals surface area (Å²) in [7, 11) is 1.58. The Kier molecular flexibility index (Phi) is 6.00. The Labute approximate surface area is 106 Å². The first-order valence-corrected chi connectivity index (χ1v) is 6.64. The molecule has 0 unspecified atom stereocenters. The molecule has 0 aliphatic rings. The maximum absolute atomic E-state index is 11.9. The van der Waals surface area contributed by atoms with Crippen LogP contribution in [0.2, 0.25) is 0 Å². The molecule has 0 atom stereocenters. The molecule has 0 aliphatic heterocycles. The molecule has 0 radical (unpaired) electrons. The number of ether oxygens (including phenoxy) is 1. The number of hydrogen-bond acceptors (Lipinski definition) is 4. The van der Waals surface area contributed by atoms with Crippen LogP contribution in [0.25, 0.3) is 0 Å². The lowest BCUT2D eigenvalue weighted by Gasteiger charge is -2.06. The van der Waals surface area contributed by atoms with Crippen LogP contribution in [0.4, 0.5) is 0 Å². The molecular weight excluding hydrogens is 236 g/mol. The van der Waals surface area contributed by atoms with E-state index in [1.165, 1.54) is 11.3 Å². The molecule has 1 amide bonds. The highest BCUT2D eigenvalue weighted by atomic mass is 32.1. The molecule has 4 nitrogen and oxygen atoms in total. The number of nitrogens with one attached hydrogen (secondary N) is 2. The van der Waals surface area contributed by atoms with Crippen molar-refractivity contribution in [3.8, 4) is 5.75 Å². The highest BCUT2D eigenvalue weighted by molar-refractivity contribution is 7.14. The Bertz CT molecular complexity index is 363. The van der Waals surface area contributed by atoms with Gasteiger partial charge in [-0.25, -0.2) is 0 Å². The first kappa shape index (κ1) is 14.0. The van der Waals surface area contributed by atoms with E-state index in [0.717, 1.165) is 24.4 Å². The number of amides is 1. The molecule has 2 N–H and O–H groups in total. The predicted octanol–water partition coefficient (Wildman–Crippen LogP) is 1.79. The van der Waals surface area contributed by atoms with Crippen LogP contribution in [0.3, 0.4) is 0 Å². The molecule has 0 aliphatic carbocycles. The first-order valence-electron chi connectivity index (χ1n) is 5.82. The minimum absolute atomic E-state index is 0.0572. The third-order valence-electron chi connectivity index (χ3n) is 2.26. The number of thiophene rings is 1. The number of rotatable bonds is 7. The summed E-state index contributed by atoms with van der Waals surface area (Å²) in [5.41, 5.74) is 0. The maximum Gasteiger partial charge on any atom is 0.265 e. The molecule has 1 rings (SSSR count). The summed E-state index contributed by atoms with van der Waals surface area (Å²) in [4.78, 5) is 13.6. The Morgan fingerprint density at radius 2 is 2.18 bits per heavy atom. The van der Waals surface area contributed by atoms with Gasteiger partial charge >= 0.3 is 0 Å². The van der Waals surface area contributed by atoms with Gasteiger partial charge in [0, 0.05) is 18.0 Å². The molecule has 96 valence electrons. The second kappa shape index (κ2) is 7.29. The zero-order chi connectivity index (χ0) is 12.7. The van der Waals surface area contributed by atoms with Gasteiger partial charge in [-0.05, 0) is 26.0 Å². The van der Waals surface area contributed by atoms with Gasteiger partial charge in [0.15, 0.2) is 0 Å². The molecule has 17 heavy (non-hydrogen) atoms. The van der Waals surface area contributed by atoms with Gasteiger partial charge in [0.25, 0.3) is 5.91 Å². The van der Waals surface area contributed by atoms with Crippen molar-refractivity contribution in [3.63, 3.8) is 0 Å². The smallest absolute Gasteiger partial charge is 0.265 e. The fraction of sp³-hybridized carbons (Fsp3) is 0.583. The summed E-state index contributed by atoms with van der Waals surface area (Å²) in [6.07, 6.45) is 1.10. The second-order valence-corrected chi connectivity index (χ2v) is 5.02. The highest BCUT2D eigenvalue weighted by Gasteiger charge is 2.14. The number of carbonyl (C=O) groups excluding carboxylic acids is 1. The molecule has 1 heterocycles. The number of hydrogen-bond donors (Lipinski definition) is 2. The standard InChI is InChI=1S/C12H20N2O2S/c1-4-5-13-6-7-14-12(15)11-10(16-3)8-9(2)17-11/h8,13H,4-7H2,1-3H3,(H,14,15). The van der Waals surface area contributed by atoms with Gasteiger partial charge in [0.1, 0.15) is 10.6 Å². The van der Waals surface area contributed by atoms with Gasteiger partial charge in [-0.2, -0.15) is 0 Å².